The van der Waals surface area contributed by atoms with Crippen molar-refractivity contribution in [2.24, 2.45) is 0 Å². The Labute approximate surface area is 219 Å². The monoisotopic (exact) mass is 515 g/mol. The van der Waals surface area contributed by atoms with Gasteiger partial charge >= 0.3 is 5.97 Å². The Hall–Kier alpha value is -3.91. The number of unbranched alkanes of at least 4 members (excludes halogenated alkanes) is 1. The van der Waals surface area contributed by atoms with Crippen molar-refractivity contribution in [1.29, 1.82) is 0 Å². The molecule has 0 fully saturated rings. The van der Waals surface area contributed by atoms with Crippen LogP contribution >= 0.6 is 12.2 Å². The number of thiocarbonyl (C=S) groups is 1. The average molecular weight is 516 g/mol. The van der Waals surface area contributed by atoms with Crippen LogP contribution < -0.4 is 10.1 Å². The van der Waals surface area contributed by atoms with Gasteiger partial charge in [0.15, 0.2) is 0 Å². The van der Waals surface area contributed by atoms with Gasteiger partial charge in [-0.25, -0.2) is 14.4 Å². The standard InChI is InChI=1S/C29H26FN3O3S/c30-20-12-9-18(10-13-20)28-24(6-2-4-8-27(34)35)31-25-17-19(11-14-23(25)32-28)29(37)33-22-15-16-36-26-7-3-1-5-21(22)26/h1,3,5,7,9-14,17,22H,2,4,6,8,15-16H2,(H,33,37)(H,34,35). The number of aryl methyl sites for hydroxylation is 1. The van der Waals surface area contributed by atoms with E-state index in [4.69, 9.17) is 32.0 Å². The number of para-hydroxylation sites is 1. The summed E-state index contributed by atoms with van der Waals surface area (Å²) in [5.41, 5.74) is 5.53. The number of ether oxygens (including phenoxy) is 1. The van der Waals surface area contributed by atoms with Crippen LogP contribution in [-0.2, 0) is 11.2 Å². The fraction of sp³-hybridized carbons (Fsp3) is 0.241. The quantitative estimate of drug-likeness (QED) is 0.219. The van der Waals surface area contributed by atoms with E-state index in [0.29, 0.717) is 47.6 Å². The molecule has 0 bridgehead atoms. The van der Waals surface area contributed by atoms with Crippen molar-refractivity contribution in [3.63, 3.8) is 0 Å². The minimum Gasteiger partial charge on any atom is -0.493 e. The van der Waals surface area contributed by atoms with E-state index in [2.05, 4.69) is 5.32 Å². The Morgan fingerprint density at radius 1 is 1.05 bits per heavy atom. The second-order valence-electron chi connectivity index (χ2n) is 9.03. The third-order valence-electron chi connectivity index (χ3n) is 6.43. The molecule has 1 unspecified atom stereocenters. The number of halogens is 1. The lowest BCUT2D eigenvalue weighted by atomic mass is 10.00. The van der Waals surface area contributed by atoms with E-state index in [1.807, 2.05) is 42.5 Å². The first kappa shape index (κ1) is 24.8. The molecule has 5 rings (SSSR count). The number of rotatable bonds is 8. The van der Waals surface area contributed by atoms with Gasteiger partial charge in [-0.2, -0.15) is 0 Å². The summed E-state index contributed by atoms with van der Waals surface area (Å²) in [7, 11) is 0. The maximum absolute atomic E-state index is 13.5. The second kappa shape index (κ2) is 11.0. The van der Waals surface area contributed by atoms with Crippen LogP contribution in [0.4, 0.5) is 4.39 Å². The second-order valence-corrected chi connectivity index (χ2v) is 9.44. The number of fused-ring (bicyclic) bond motifs is 2. The predicted octanol–water partition coefficient (Wildman–Crippen LogP) is 6.02. The summed E-state index contributed by atoms with van der Waals surface area (Å²) in [6, 6.07) is 20.0. The van der Waals surface area contributed by atoms with Crippen LogP contribution in [-0.4, -0.2) is 32.6 Å². The van der Waals surface area contributed by atoms with Gasteiger partial charge in [0.05, 0.1) is 35.1 Å². The molecule has 1 aliphatic heterocycles. The van der Waals surface area contributed by atoms with E-state index in [-0.39, 0.29) is 18.3 Å². The van der Waals surface area contributed by atoms with Crippen LogP contribution in [0, 0.1) is 5.82 Å². The zero-order chi connectivity index (χ0) is 25.8. The molecule has 3 aromatic carbocycles. The minimum absolute atomic E-state index is 0.0601. The molecule has 6 nitrogen and oxygen atoms in total. The van der Waals surface area contributed by atoms with Gasteiger partial charge in [0, 0.05) is 29.5 Å². The summed E-state index contributed by atoms with van der Waals surface area (Å²) >= 11 is 5.76. The number of benzene rings is 3. The number of nitrogens with zero attached hydrogens (tertiary/aromatic N) is 2. The van der Waals surface area contributed by atoms with Crippen molar-refractivity contribution in [1.82, 2.24) is 15.3 Å². The number of hydrogen-bond donors (Lipinski definition) is 2. The number of aromatic nitrogens is 2. The molecule has 0 saturated heterocycles. The van der Waals surface area contributed by atoms with Gasteiger partial charge in [-0.15, -0.1) is 0 Å². The first-order valence-electron chi connectivity index (χ1n) is 12.3. The molecule has 2 heterocycles. The maximum Gasteiger partial charge on any atom is 0.303 e. The summed E-state index contributed by atoms with van der Waals surface area (Å²) in [6.07, 6.45) is 2.68. The molecule has 4 aromatic rings. The van der Waals surface area contributed by atoms with Gasteiger partial charge in [0.1, 0.15) is 16.6 Å². The number of nitrogens with one attached hydrogen (secondary N) is 1. The molecule has 0 amide bonds. The van der Waals surface area contributed by atoms with Crippen LogP contribution in [0.3, 0.4) is 0 Å². The van der Waals surface area contributed by atoms with Crippen molar-refractivity contribution in [3.05, 3.63) is 89.4 Å². The van der Waals surface area contributed by atoms with Gasteiger partial charge in [0.25, 0.3) is 0 Å². The van der Waals surface area contributed by atoms with Gasteiger partial charge in [0.2, 0.25) is 0 Å². The summed E-state index contributed by atoms with van der Waals surface area (Å²) in [6.45, 7) is 0.623. The van der Waals surface area contributed by atoms with Gasteiger partial charge in [-0.05, 0) is 67.8 Å². The molecule has 1 aliphatic rings. The normalized spacial score (nSPS) is 14.6. The van der Waals surface area contributed by atoms with Gasteiger partial charge < -0.3 is 15.2 Å². The average Bonchev–Trinajstić information content (AvgIpc) is 2.91. The molecular weight excluding hydrogens is 489 g/mol. The lowest BCUT2D eigenvalue weighted by molar-refractivity contribution is -0.137. The van der Waals surface area contributed by atoms with E-state index in [0.717, 1.165) is 34.6 Å². The molecule has 8 heteroatoms. The van der Waals surface area contributed by atoms with Crippen molar-refractivity contribution < 1.29 is 19.0 Å². The van der Waals surface area contributed by atoms with Crippen LogP contribution in [0.25, 0.3) is 22.3 Å². The van der Waals surface area contributed by atoms with Crippen molar-refractivity contribution in [3.8, 4) is 17.0 Å². The number of hydrogen-bond acceptors (Lipinski definition) is 5. The van der Waals surface area contributed by atoms with E-state index < -0.39 is 5.97 Å². The summed E-state index contributed by atoms with van der Waals surface area (Å²) < 4.78 is 19.3. The van der Waals surface area contributed by atoms with E-state index in [1.54, 1.807) is 12.1 Å². The molecular formula is C29H26FN3O3S. The molecule has 0 spiro atoms. The van der Waals surface area contributed by atoms with Gasteiger partial charge in [-0.3, -0.25) is 4.79 Å². The topological polar surface area (TPSA) is 84.3 Å². The molecule has 2 N–H and O–H groups in total. The van der Waals surface area contributed by atoms with Crippen molar-refractivity contribution >= 4 is 34.2 Å². The Bertz CT molecular complexity index is 1460. The SMILES string of the molecule is O=C(O)CCCCc1nc2cc(C(=S)NC3CCOc4ccccc43)ccc2nc1-c1ccc(F)cc1. The molecule has 0 radical (unpaired) electrons. The minimum atomic E-state index is -0.818. The Morgan fingerprint density at radius 3 is 2.68 bits per heavy atom. The first-order chi connectivity index (χ1) is 18.0. The molecule has 188 valence electrons. The molecule has 1 aromatic heterocycles. The molecule has 37 heavy (non-hydrogen) atoms. The highest BCUT2D eigenvalue weighted by molar-refractivity contribution is 7.80. The molecule has 0 aliphatic carbocycles. The third-order valence-corrected chi connectivity index (χ3v) is 6.79. The molecule has 1 atom stereocenters. The highest BCUT2D eigenvalue weighted by Gasteiger charge is 2.22. The van der Waals surface area contributed by atoms with Gasteiger partial charge in [-0.1, -0.05) is 30.4 Å². The summed E-state index contributed by atoms with van der Waals surface area (Å²) in [5.74, 6) is -0.265. The lowest BCUT2D eigenvalue weighted by Gasteiger charge is -2.27. The Morgan fingerprint density at radius 2 is 1.86 bits per heavy atom. The highest BCUT2D eigenvalue weighted by atomic mass is 32.1. The predicted molar refractivity (Wildman–Crippen MR) is 144 cm³/mol. The molecule has 0 saturated carbocycles. The van der Waals surface area contributed by atoms with Crippen molar-refractivity contribution in [2.45, 2.75) is 38.1 Å². The van der Waals surface area contributed by atoms with E-state index in [9.17, 15) is 9.18 Å². The van der Waals surface area contributed by atoms with E-state index in [1.165, 1.54) is 12.1 Å². The maximum atomic E-state index is 13.5. The smallest absolute Gasteiger partial charge is 0.303 e. The van der Waals surface area contributed by atoms with Crippen LogP contribution in [0.1, 0.15) is 48.5 Å². The van der Waals surface area contributed by atoms with Crippen LogP contribution in [0.5, 0.6) is 5.75 Å². The number of aliphatic carboxylic acids is 1. The highest BCUT2D eigenvalue weighted by Crippen LogP contribution is 2.32. The Balaban J connectivity index is 1.43. The summed E-state index contributed by atoms with van der Waals surface area (Å²) in [4.78, 5) is 21.3. The largest absolute Gasteiger partial charge is 0.493 e. The zero-order valence-electron chi connectivity index (χ0n) is 20.1. The lowest BCUT2D eigenvalue weighted by Crippen LogP contribution is -2.31. The van der Waals surface area contributed by atoms with Crippen LogP contribution in [0.2, 0.25) is 0 Å². The van der Waals surface area contributed by atoms with Crippen LogP contribution in [0.15, 0.2) is 66.7 Å². The third kappa shape index (κ3) is 5.75. The summed E-state index contributed by atoms with van der Waals surface area (Å²) in [5, 5.41) is 12.5. The van der Waals surface area contributed by atoms with E-state index >= 15 is 0 Å². The first-order valence-corrected chi connectivity index (χ1v) is 12.7. The zero-order valence-corrected chi connectivity index (χ0v) is 20.9. The number of carboxylic acids is 1. The fourth-order valence-electron chi connectivity index (χ4n) is 4.55. The Kier molecular flexibility index (Phi) is 7.37. The number of carbonyl (C=O) groups is 1. The van der Waals surface area contributed by atoms with Crippen molar-refractivity contribution in [2.75, 3.05) is 6.61 Å². The number of carboxylic acid groups (broad SMARTS) is 1. The fourth-order valence-corrected chi connectivity index (χ4v) is 4.82.